The average molecular weight is 291 g/mol. The molecule has 0 fully saturated rings. The molecule has 1 N–H and O–H groups in total. The summed E-state index contributed by atoms with van der Waals surface area (Å²) in [6, 6.07) is 16.4. The standard InChI is InChI=1S/C18H17N3O/c1-2-22-16-8-5-7-15(12-16)21-13-18-17-9-4-3-6-14(17)10-11-20(18)19-21/h3-13,19H,2H2,1H3. The van der Waals surface area contributed by atoms with Crippen LogP contribution in [0.15, 0.2) is 60.9 Å². The molecule has 4 rings (SSSR count). The summed E-state index contributed by atoms with van der Waals surface area (Å²) in [7, 11) is 0. The van der Waals surface area contributed by atoms with E-state index >= 15 is 0 Å². The van der Waals surface area contributed by atoms with Gasteiger partial charge in [0.05, 0.1) is 18.0 Å². The molecule has 0 amide bonds. The Morgan fingerprint density at radius 1 is 1.05 bits per heavy atom. The van der Waals surface area contributed by atoms with Gasteiger partial charge in [0.2, 0.25) is 0 Å². The summed E-state index contributed by atoms with van der Waals surface area (Å²) < 4.78 is 5.58. The maximum absolute atomic E-state index is 5.58. The third kappa shape index (κ3) is 2.14. The van der Waals surface area contributed by atoms with Crippen molar-refractivity contribution in [2.75, 3.05) is 11.6 Å². The first-order valence-electron chi connectivity index (χ1n) is 7.42. The zero-order chi connectivity index (χ0) is 14.9. The Morgan fingerprint density at radius 3 is 2.86 bits per heavy atom. The molecular formula is C18H17N3O. The number of fused-ring (bicyclic) bond motifs is 3. The Labute approximate surface area is 129 Å². The maximum atomic E-state index is 5.58. The molecule has 0 saturated heterocycles. The first kappa shape index (κ1) is 13.0. The van der Waals surface area contributed by atoms with E-state index in [0.29, 0.717) is 6.61 Å². The molecule has 2 aromatic rings. The van der Waals surface area contributed by atoms with Crippen LogP contribution in [0.2, 0.25) is 0 Å². The largest absolute Gasteiger partial charge is 0.494 e. The highest BCUT2D eigenvalue weighted by Crippen LogP contribution is 2.33. The number of hydrazine groups is 2. The molecule has 0 unspecified atom stereocenters. The predicted molar refractivity (Wildman–Crippen MR) is 88.5 cm³/mol. The van der Waals surface area contributed by atoms with E-state index in [1.807, 2.05) is 41.3 Å². The molecule has 0 spiro atoms. The van der Waals surface area contributed by atoms with Gasteiger partial charge in [-0.25, -0.2) is 0 Å². The second-order valence-corrected chi connectivity index (χ2v) is 5.19. The quantitative estimate of drug-likeness (QED) is 0.935. The Bertz CT molecular complexity index is 766. The van der Waals surface area contributed by atoms with Gasteiger partial charge in [-0.05, 0) is 30.7 Å². The molecule has 2 aliphatic rings. The van der Waals surface area contributed by atoms with E-state index in [1.54, 1.807) is 0 Å². The number of benzene rings is 2. The number of ether oxygens (including phenoxy) is 1. The molecule has 0 radical (unpaired) electrons. The van der Waals surface area contributed by atoms with Crippen LogP contribution < -0.4 is 15.3 Å². The lowest BCUT2D eigenvalue weighted by molar-refractivity contribution is 0.340. The fourth-order valence-electron chi connectivity index (χ4n) is 2.75. The van der Waals surface area contributed by atoms with E-state index in [2.05, 4.69) is 48.1 Å². The van der Waals surface area contributed by atoms with Crippen LogP contribution in [0.5, 0.6) is 5.75 Å². The number of hydrogen-bond donors (Lipinski definition) is 1. The van der Waals surface area contributed by atoms with Crippen molar-refractivity contribution in [3.8, 4) is 5.75 Å². The lowest BCUT2D eigenvalue weighted by atomic mass is 10.0. The van der Waals surface area contributed by atoms with Gasteiger partial charge in [-0.1, -0.05) is 30.3 Å². The minimum Gasteiger partial charge on any atom is -0.494 e. The third-order valence-electron chi connectivity index (χ3n) is 3.77. The summed E-state index contributed by atoms with van der Waals surface area (Å²) >= 11 is 0. The third-order valence-corrected chi connectivity index (χ3v) is 3.77. The fraction of sp³-hybridized carbons (Fsp3) is 0.111. The molecule has 0 saturated carbocycles. The van der Waals surface area contributed by atoms with Crippen LogP contribution in [0.4, 0.5) is 5.69 Å². The Morgan fingerprint density at radius 2 is 1.95 bits per heavy atom. The van der Waals surface area contributed by atoms with Crippen molar-refractivity contribution in [1.29, 1.82) is 0 Å². The highest BCUT2D eigenvalue weighted by atomic mass is 16.5. The average Bonchev–Trinajstić information content (AvgIpc) is 3.00. The van der Waals surface area contributed by atoms with Gasteiger partial charge in [0.1, 0.15) is 5.75 Å². The maximum Gasteiger partial charge on any atom is 0.121 e. The van der Waals surface area contributed by atoms with Gasteiger partial charge in [0.25, 0.3) is 0 Å². The Kier molecular flexibility index (Phi) is 3.09. The molecule has 2 aliphatic heterocycles. The molecule has 4 heteroatoms. The minimum absolute atomic E-state index is 0.667. The van der Waals surface area contributed by atoms with Crippen molar-refractivity contribution in [3.05, 3.63) is 72.1 Å². The molecule has 0 aliphatic carbocycles. The molecular weight excluding hydrogens is 274 g/mol. The van der Waals surface area contributed by atoms with Crippen molar-refractivity contribution >= 4 is 17.5 Å². The van der Waals surface area contributed by atoms with Crippen molar-refractivity contribution < 1.29 is 4.74 Å². The summed E-state index contributed by atoms with van der Waals surface area (Å²) in [6.07, 6.45) is 6.26. The van der Waals surface area contributed by atoms with Crippen LogP contribution in [0, 0.1) is 0 Å². The van der Waals surface area contributed by atoms with Gasteiger partial charge >= 0.3 is 0 Å². The van der Waals surface area contributed by atoms with Crippen LogP contribution in [-0.2, 0) is 0 Å². The van der Waals surface area contributed by atoms with Gasteiger partial charge in [-0.15, -0.1) is 5.53 Å². The predicted octanol–water partition coefficient (Wildman–Crippen LogP) is 3.61. The van der Waals surface area contributed by atoms with Crippen molar-refractivity contribution in [2.45, 2.75) is 6.92 Å². The zero-order valence-corrected chi connectivity index (χ0v) is 12.4. The zero-order valence-electron chi connectivity index (χ0n) is 12.4. The van der Waals surface area contributed by atoms with E-state index in [1.165, 1.54) is 11.1 Å². The first-order valence-corrected chi connectivity index (χ1v) is 7.42. The fourth-order valence-corrected chi connectivity index (χ4v) is 2.75. The van der Waals surface area contributed by atoms with Crippen LogP contribution in [0.1, 0.15) is 18.1 Å². The van der Waals surface area contributed by atoms with Crippen LogP contribution >= 0.6 is 0 Å². The van der Waals surface area contributed by atoms with Crippen LogP contribution in [-0.4, -0.2) is 11.6 Å². The summed E-state index contributed by atoms with van der Waals surface area (Å²) in [6.45, 7) is 2.66. The molecule has 4 nitrogen and oxygen atoms in total. The Hall–Kier alpha value is -2.72. The van der Waals surface area contributed by atoms with Crippen LogP contribution in [0.25, 0.3) is 11.8 Å². The van der Waals surface area contributed by atoms with Gasteiger partial charge in [0, 0.05) is 24.0 Å². The monoisotopic (exact) mass is 291 g/mol. The van der Waals surface area contributed by atoms with Gasteiger partial charge in [0.15, 0.2) is 0 Å². The summed E-state index contributed by atoms with van der Waals surface area (Å²) in [5.74, 6) is 0.876. The number of anilines is 1. The highest BCUT2D eigenvalue weighted by Gasteiger charge is 2.25. The number of hydrogen-bond acceptors (Lipinski definition) is 4. The molecule has 0 bridgehead atoms. The molecule has 0 atom stereocenters. The summed E-state index contributed by atoms with van der Waals surface area (Å²) in [5.41, 5.74) is 7.99. The number of nitrogens with one attached hydrogen (secondary N) is 1. The summed E-state index contributed by atoms with van der Waals surface area (Å²) in [5, 5.41) is 4.03. The normalized spacial score (nSPS) is 15.4. The number of rotatable bonds is 3. The van der Waals surface area contributed by atoms with E-state index in [0.717, 1.165) is 17.1 Å². The van der Waals surface area contributed by atoms with E-state index in [9.17, 15) is 0 Å². The molecule has 22 heavy (non-hydrogen) atoms. The second kappa shape index (κ2) is 5.24. The van der Waals surface area contributed by atoms with E-state index < -0.39 is 0 Å². The highest BCUT2D eigenvalue weighted by molar-refractivity contribution is 5.80. The molecule has 0 aromatic heterocycles. The minimum atomic E-state index is 0.667. The van der Waals surface area contributed by atoms with Crippen molar-refractivity contribution in [3.63, 3.8) is 0 Å². The molecule has 110 valence electrons. The molecule has 2 heterocycles. The van der Waals surface area contributed by atoms with E-state index in [4.69, 9.17) is 4.74 Å². The van der Waals surface area contributed by atoms with Crippen molar-refractivity contribution in [1.82, 2.24) is 10.5 Å². The van der Waals surface area contributed by atoms with Gasteiger partial charge in [-0.3, -0.25) is 10.0 Å². The van der Waals surface area contributed by atoms with E-state index in [-0.39, 0.29) is 0 Å². The summed E-state index contributed by atoms with van der Waals surface area (Å²) in [4.78, 5) is 0. The second-order valence-electron chi connectivity index (χ2n) is 5.19. The van der Waals surface area contributed by atoms with Gasteiger partial charge < -0.3 is 4.74 Å². The lowest BCUT2D eigenvalue weighted by Crippen LogP contribution is -2.37. The molecule has 2 aromatic carbocycles. The van der Waals surface area contributed by atoms with Gasteiger partial charge in [-0.2, -0.15) is 0 Å². The number of nitrogens with zero attached hydrogens (tertiary/aromatic N) is 2. The topological polar surface area (TPSA) is 27.7 Å². The first-order chi connectivity index (χ1) is 10.8. The van der Waals surface area contributed by atoms with Crippen LogP contribution in [0.3, 0.4) is 0 Å². The lowest BCUT2D eigenvalue weighted by Gasteiger charge is -2.24. The smallest absolute Gasteiger partial charge is 0.121 e. The van der Waals surface area contributed by atoms with Crippen molar-refractivity contribution in [2.24, 2.45) is 0 Å². The Balaban J connectivity index is 1.69. The SMILES string of the molecule is CCOc1cccc(N2C=C3c4ccccc4C=CN3N2)c1.